The van der Waals surface area contributed by atoms with Crippen LogP contribution in [-0.4, -0.2) is 24.7 Å². The van der Waals surface area contributed by atoms with Gasteiger partial charge in [0.25, 0.3) is 0 Å². The Hall–Kier alpha value is -2.36. The summed E-state index contributed by atoms with van der Waals surface area (Å²) in [6.45, 7) is 2.46. The van der Waals surface area contributed by atoms with Gasteiger partial charge in [-0.1, -0.05) is 12.1 Å². The molecule has 0 fully saturated rings. The number of rotatable bonds is 5. The van der Waals surface area contributed by atoms with Gasteiger partial charge < -0.3 is 9.47 Å². The van der Waals surface area contributed by atoms with Gasteiger partial charge in [-0.15, -0.1) is 0 Å². The van der Waals surface area contributed by atoms with Gasteiger partial charge in [-0.3, -0.25) is 4.98 Å². The average molecular weight is 271 g/mol. The summed E-state index contributed by atoms with van der Waals surface area (Å²) in [5.41, 5.74) is 2.46. The molecule has 0 atom stereocenters. The SMILES string of the molecule is COC(=O)c1ccc(C)c(OCCc2ccccn2)c1. The summed E-state index contributed by atoms with van der Waals surface area (Å²) < 4.78 is 10.4. The topological polar surface area (TPSA) is 48.4 Å². The number of hydrogen-bond acceptors (Lipinski definition) is 4. The fourth-order valence-electron chi connectivity index (χ4n) is 1.81. The van der Waals surface area contributed by atoms with Gasteiger partial charge in [0, 0.05) is 18.3 Å². The molecule has 0 saturated carbocycles. The van der Waals surface area contributed by atoms with Crippen molar-refractivity contribution in [3.05, 3.63) is 59.4 Å². The molecule has 4 heteroatoms. The quantitative estimate of drug-likeness (QED) is 0.785. The number of benzene rings is 1. The van der Waals surface area contributed by atoms with Gasteiger partial charge in [-0.25, -0.2) is 4.79 Å². The summed E-state index contributed by atoms with van der Waals surface area (Å²) in [5.74, 6) is 0.336. The minimum atomic E-state index is -0.362. The molecule has 0 aliphatic carbocycles. The molecule has 0 bridgehead atoms. The number of methoxy groups -OCH3 is 1. The Labute approximate surface area is 118 Å². The van der Waals surface area contributed by atoms with E-state index in [-0.39, 0.29) is 5.97 Å². The Kier molecular flexibility index (Phi) is 4.71. The third kappa shape index (κ3) is 3.57. The Balaban J connectivity index is 2.00. The molecule has 1 aromatic heterocycles. The zero-order valence-electron chi connectivity index (χ0n) is 11.6. The summed E-state index contributed by atoms with van der Waals surface area (Å²) in [6.07, 6.45) is 2.49. The maximum Gasteiger partial charge on any atom is 0.337 e. The van der Waals surface area contributed by atoms with Crippen LogP contribution in [0.15, 0.2) is 42.6 Å². The number of esters is 1. The van der Waals surface area contributed by atoms with E-state index in [4.69, 9.17) is 9.47 Å². The molecule has 0 aliphatic rings. The largest absolute Gasteiger partial charge is 0.493 e. The molecule has 1 heterocycles. The van der Waals surface area contributed by atoms with Crippen molar-refractivity contribution in [1.29, 1.82) is 0 Å². The number of nitrogens with zero attached hydrogens (tertiary/aromatic N) is 1. The van der Waals surface area contributed by atoms with Crippen molar-refractivity contribution >= 4 is 5.97 Å². The van der Waals surface area contributed by atoms with E-state index >= 15 is 0 Å². The van der Waals surface area contributed by atoms with E-state index in [1.165, 1.54) is 7.11 Å². The third-order valence-corrected chi connectivity index (χ3v) is 2.95. The minimum absolute atomic E-state index is 0.362. The molecule has 0 N–H and O–H groups in total. The second-order valence-electron chi connectivity index (χ2n) is 4.39. The first-order valence-corrected chi connectivity index (χ1v) is 6.42. The average Bonchev–Trinajstić information content (AvgIpc) is 2.49. The van der Waals surface area contributed by atoms with Crippen LogP contribution < -0.4 is 4.74 Å². The molecule has 0 spiro atoms. The van der Waals surface area contributed by atoms with Gasteiger partial charge in [-0.05, 0) is 36.8 Å². The Morgan fingerprint density at radius 2 is 2.10 bits per heavy atom. The molecular formula is C16H17NO3. The summed E-state index contributed by atoms with van der Waals surface area (Å²) in [7, 11) is 1.36. The number of hydrogen-bond donors (Lipinski definition) is 0. The highest BCUT2D eigenvalue weighted by molar-refractivity contribution is 5.89. The lowest BCUT2D eigenvalue weighted by atomic mass is 10.1. The van der Waals surface area contributed by atoms with E-state index in [1.807, 2.05) is 31.2 Å². The first-order chi connectivity index (χ1) is 9.70. The molecule has 0 radical (unpaired) electrons. The first kappa shape index (κ1) is 14.1. The zero-order valence-corrected chi connectivity index (χ0v) is 11.6. The smallest absolute Gasteiger partial charge is 0.337 e. The van der Waals surface area contributed by atoms with Crippen molar-refractivity contribution in [3.63, 3.8) is 0 Å². The molecule has 2 rings (SSSR count). The standard InChI is InChI=1S/C16H17NO3/c1-12-6-7-13(16(18)19-2)11-15(12)20-10-8-14-5-3-4-9-17-14/h3-7,9,11H,8,10H2,1-2H3. The Morgan fingerprint density at radius 3 is 2.80 bits per heavy atom. The summed E-state index contributed by atoms with van der Waals surface area (Å²) >= 11 is 0. The second kappa shape index (κ2) is 6.70. The van der Waals surface area contributed by atoms with Crippen LogP contribution in [0.4, 0.5) is 0 Å². The monoisotopic (exact) mass is 271 g/mol. The zero-order chi connectivity index (χ0) is 14.4. The van der Waals surface area contributed by atoms with Crippen molar-refractivity contribution < 1.29 is 14.3 Å². The molecule has 1 aromatic carbocycles. The third-order valence-electron chi connectivity index (χ3n) is 2.95. The van der Waals surface area contributed by atoms with E-state index in [0.29, 0.717) is 17.9 Å². The predicted molar refractivity (Wildman–Crippen MR) is 76.0 cm³/mol. The normalized spacial score (nSPS) is 10.1. The van der Waals surface area contributed by atoms with Crippen molar-refractivity contribution in [1.82, 2.24) is 4.98 Å². The lowest BCUT2D eigenvalue weighted by Gasteiger charge is -2.10. The summed E-state index contributed by atoms with van der Waals surface area (Å²) in [4.78, 5) is 15.7. The molecule has 104 valence electrons. The van der Waals surface area contributed by atoms with Gasteiger partial charge in [0.05, 0.1) is 19.3 Å². The fourth-order valence-corrected chi connectivity index (χ4v) is 1.81. The fraction of sp³-hybridized carbons (Fsp3) is 0.250. The lowest BCUT2D eigenvalue weighted by molar-refractivity contribution is 0.0600. The molecule has 20 heavy (non-hydrogen) atoms. The number of carbonyl (C=O) groups excluding carboxylic acids is 1. The maximum absolute atomic E-state index is 11.5. The van der Waals surface area contributed by atoms with E-state index in [1.54, 1.807) is 18.3 Å². The minimum Gasteiger partial charge on any atom is -0.493 e. The van der Waals surface area contributed by atoms with Gasteiger partial charge in [0.15, 0.2) is 0 Å². The van der Waals surface area contributed by atoms with Crippen LogP contribution in [0.3, 0.4) is 0 Å². The second-order valence-corrected chi connectivity index (χ2v) is 4.39. The van der Waals surface area contributed by atoms with Crippen molar-refractivity contribution in [2.75, 3.05) is 13.7 Å². The first-order valence-electron chi connectivity index (χ1n) is 6.42. The van der Waals surface area contributed by atoms with Gasteiger partial charge in [0.1, 0.15) is 5.75 Å². The van der Waals surface area contributed by atoms with Gasteiger partial charge in [-0.2, -0.15) is 0 Å². The maximum atomic E-state index is 11.5. The number of pyridine rings is 1. The molecule has 0 amide bonds. The van der Waals surface area contributed by atoms with Crippen LogP contribution in [0.5, 0.6) is 5.75 Å². The summed E-state index contributed by atoms with van der Waals surface area (Å²) in [6, 6.07) is 11.1. The molecule has 2 aromatic rings. The van der Waals surface area contributed by atoms with Crippen LogP contribution in [0.2, 0.25) is 0 Å². The van der Waals surface area contributed by atoms with Gasteiger partial charge in [0.2, 0.25) is 0 Å². The van der Waals surface area contributed by atoms with Gasteiger partial charge >= 0.3 is 5.97 Å². The van der Waals surface area contributed by atoms with E-state index < -0.39 is 0 Å². The predicted octanol–water partition coefficient (Wildman–Crippen LogP) is 2.80. The number of carbonyl (C=O) groups is 1. The van der Waals surface area contributed by atoms with Crippen molar-refractivity contribution in [2.45, 2.75) is 13.3 Å². The van der Waals surface area contributed by atoms with E-state index in [2.05, 4.69) is 4.98 Å². The van der Waals surface area contributed by atoms with E-state index in [9.17, 15) is 4.79 Å². The molecule has 0 aliphatic heterocycles. The lowest BCUT2D eigenvalue weighted by Crippen LogP contribution is -2.06. The van der Waals surface area contributed by atoms with Crippen LogP contribution in [0.25, 0.3) is 0 Å². The van der Waals surface area contributed by atoms with Crippen molar-refractivity contribution in [3.8, 4) is 5.75 Å². The highest BCUT2D eigenvalue weighted by atomic mass is 16.5. The van der Waals surface area contributed by atoms with Crippen LogP contribution in [0.1, 0.15) is 21.6 Å². The Bertz CT molecular complexity index is 582. The number of aryl methyl sites for hydroxylation is 1. The summed E-state index contributed by atoms with van der Waals surface area (Å²) in [5, 5.41) is 0. The highest BCUT2D eigenvalue weighted by Gasteiger charge is 2.08. The Morgan fingerprint density at radius 1 is 1.25 bits per heavy atom. The molecule has 0 unspecified atom stereocenters. The number of aromatic nitrogens is 1. The van der Waals surface area contributed by atoms with Crippen LogP contribution in [-0.2, 0) is 11.2 Å². The van der Waals surface area contributed by atoms with Crippen LogP contribution >= 0.6 is 0 Å². The van der Waals surface area contributed by atoms with Crippen molar-refractivity contribution in [2.24, 2.45) is 0 Å². The number of ether oxygens (including phenoxy) is 2. The van der Waals surface area contributed by atoms with E-state index in [0.717, 1.165) is 17.7 Å². The van der Waals surface area contributed by atoms with Crippen LogP contribution in [0, 0.1) is 6.92 Å². The molecule has 0 saturated heterocycles. The molecular weight excluding hydrogens is 254 g/mol. The highest BCUT2D eigenvalue weighted by Crippen LogP contribution is 2.20. The molecule has 4 nitrogen and oxygen atoms in total.